The fourth-order valence-corrected chi connectivity index (χ4v) is 2.27. The maximum absolute atomic E-state index is 4.14. The Morgan fingerprint density at radius 1 is 1.50 bits per heavy atom. The van der Waals surface area contributed by atoms with Gasteiger partial charge in [-0.25, -0.2) is 0 Å². The van der Waals surface area contributed by atoms with E-state index in [1.807, 2.05) is 18.5 Å². The lowest BCUT2D eigenvalue weighted by atomic mass is 10.1. The smallest absolute Gasteiger partial charge is 0.0367 e. The first-order valence-electron chi connectivity index (χ1n) is 4.58. The lowest BCUT2D eigenvalue weighted by Crippen LogP contribution is -2.17. The van der Waals surface area contributed by atoms with Crippen LogP contribution in [0.5, 0.6) is 0 Å². The van der Waals surface area contributed by atoms with Gasteiger partial charge in [-0.3, -0.25) is 4.98 Å². The van der Waals surface area contributed by atoms with E-state index < -0.39 is 0 Å². The summed E-state index contributed by atoms with van der Waals surface area (Å²) in [6, 6.07) is 4.79. The minimum absolute atomic E-state index is 0.601. The zero-order valence-corrected chi connectivity index (χ0v) is 6.90. The molecule has 1 aromatic heterocycles. The summed E-state index contributed by atoms with van der Waals surface area (Å²) in [6.45, 7) is 1.21. The zero-order valence-electron chi connectivity index (χ0n) is 6.90. The van der Waals surface area contributed by atoms with Crippen LogP contribution in [0.2, 0.25) is 0 Å². The highest BCUT2D eigenvalue weighted by Gasteiger charge is 2.48. The van der Waals surface area contributed by atoms with E-state index in [4.69, 9.17) is 0 Å². The van der Waals surface area contributed by atoms with Crippen molar-refractivity contribution in [3.63, 3.8) is 0 Å². The van der Waals surface area contributed by atoms with Gasteiger partial charge in [-0.15, -0.1) is 0 Å². The van der Waals surface area contributed by atoms with Gasteiger partial charge >= 0.3 is 0 Å². The lowest BCUT2D eigenvalue weighted by molar-refractivity contribution is 0.561. The van der Waals surface area contributed by atoms with Crippen LogP contribution in [0.3, 0.4) is 0 Å². The van der Waals surface area contributed by atoms with Crippen LogP contribution in [0.1, 0.15) is 18.0 Å². The van der Waals surface area contributed by atoms with Gasteiger partial charge in [0.1, 0.15) is 0 Å². The van der Waals surface area contributed by atoms with Gasteiger partial charge in [0.05, 0.1) is 0 Å². The predicted molar refractivity (Wildman–Crippen MR) is 46.6 cm³/mol. The highest BCUT2D eigenvalue weighted by molar-refractivity contribution is 5.20. The molecule has 1 N–H and O–H groups in total. The van der Waals surface area contributed by atoms with Crippen LogP contribution in [-0.2, 0) is 0 Å². The highest BCUT2D eigenvalue weighted by Crippen LogP contribution is 2.51. The fraction of sp³-hybridized carbons (Fsp3) is 0.500. The van der Waals surface area contributed by atoms with Gasteiger partial charge < -0.3 is 5.32 Å². The van der Waals surface area contributed by atoms with E-state index >= 15 is 0 Å². The molecule has 0 amide bonds. The van der Waals surface area contributed by atoms with E-state index in [1.54, 1.807) is 0 Å². The molecule has 2 aliphatic rings. The molecule has 1 aliphatic heterocycles. The van der Waals surface area contributed by atoms with Crippen LogP contribution in [0.25, 0.3) is 0 Å². The molecule has 1 saturated carbocycles. The molecule has 2 nitrogen and oxygen atoms in total. The van der Waals surface area contributed by atoms with E-state index in [0.29, 0.717) is 6.04 Å². The van der Waals surface area contributed by atoms with Crippen molar-refractivity contribution in [2.45, 2.75) is 12.5 Å². The second-order valence-corrected chi connectivity index (χ2v) is 3.83. The molecule has 2 heterocycles. The molecule has 2 fully saturated rings. The Hall–Kier alpha value is -0.890. The Morgan fingerprint density at radius 2 is 2.50 bits per heavy atom. The molecule has 3 unspecified atom stereocenters. The topological polar surface area (TPSA) is 24.9 Å². The first kappa shape index (κ1) is 6.61. The SMILES string of the molecule is c1cncc(C2NCC3CC32)c1. The molecule has 1 aromatic rings. The number of piperidine rings is 1. The summed E-state index contributed by atoms with van der Waals surface area (Å²) < 4.78 is 0. The van der Waals surface area contributed by atoms with Crippen LogP contribution in [-0.4, -0.2) is 11.5 Å². The summed E-state index contributed by atoms with van der Waals surface area (Å²) in [5, 5.41) is 3.53. The Labute approximate surface area is 72.0 Å². The van der Waals surface area contributed by atoms with Crippen molar-refractivity contribution in [3.8, 4) is 0 Å². The average Bonchev–Trinajstić information content (AvgIpc) is 2.80. The number of hydrogen-bond acceptors (Lipinski definition) is 2. The summed E-state index contributed by atoms with van der Waals surface area (Å²) in [5.74, 6) is 1.88. The monoisotopic (exact) mass is 160 g/mol. The largest absolute Gasteiger partial charge is 0.309 e. The third-order valence-electron chi connectivity index (χ3n) is 3.05. The first-order valence-corrected chi connectivity index (χ1v) is 4.58. The van der Waals surface area contributed by atoms with Gasteiger partial charge in [-0.1, -0.05) is 6.07 Å². The molecule has 0 bridgehead atoms. The van der Waals surface area contributed by atoms with Crippen molar-refractivity contribution in [2.75, 3.05) is 6.54 Å². The Kier molecular flexibility index (Phi) is 1.27. The van der Waals surface area contributed by atoms with Crippen LogP contribution >= 0.6 is 0 Å². The van der Waals surface area contributed by atoms with Crippen LogP contribution < -0.4 is 5.32 Å². The summed E-state index contributed by atoms with van der Waals surface area (Å²) in [4.78, 5) is 4.14. The average molecular weight is 160 g/mol. The van der Waals surface area contributed by atoms with E-state index in [2.05, 4.69) is 16.4 Å². The molecule has 2 heteroatoms. The molecule has 0 aromatic carbocycles. The molecule has 1 saturated heterocycles. The van der Waals surface area contributed by atoms with Crippen molar-refractivity contribution in [1.29, 1.82) is 0 Å². The molecular formula is C10H12N2. The molecule has 62 valence electrons. The van der Waals surface area contributed by atoms with Crippen LogP contribution in [0.4, 0.5) is 0 Å². The van der Waals surface area contributed by atoms with E-state index in [1.165, 1.54) is 18.5 Å². The maximum Gasteiger partial charge on any atom is 0.0367 e. The lowest BCUT2D eigenvalue weighted by Gasteiger charge is -2.12. The number of nitrogens with zero attached hydrogens (tertiary/aromatic N) is 1. The highest BCUT2D eigenvalue weighted by atomic mass is 15.0. The van der Waals surface area contributed by atoms with E-state index in [0.717, 1.165) is 11.8 Å². The van der Waals surface area contributed by atoms with Gasteiger partial charge in [0, 0.05) is 18.4 Å². The number of hydrogen-bond donors (Lipinski definition) is 1. The number of rotatable bonds is 1. The van der Waals surface area contributed by atoms with E-state index in [-0.39, 0.29) is 0 Å². The van der Waals surface area contributed by atoms with Gasteiger partial charge in [-0.2, -0.15) is 0 Å². The summed E-state index contributed by atoms with van der Waals surface area (Å²) in [5.41, 5.74) is 1.36. The quantitative estimate of drug-likeness (QED) is 0.671. The maximum atomic E-state index is 4.14. The number of nitrogens with one attached hydrogen (secondary N) is 1. The minimum atomic E-state index is 0.601. The second kappa shape index (κ2) is 2.30. The second-order valence-electron chi connectivity index (χ2n) is 3.83. The van der Waals surface area contributed by atoms with Gasteiger partial charge in [0.15, 0.2) is 0 Å². The van der Waals surface area contributed by atoms with Crippen molar-refractivity contribution >= 4 is 0 Å². The zero-order chi connectivity index (χ0) is 7.97. The van der Waals surface area contributed by atoms with Gasteiger partial charge in [0.2, 0.25) is 0 Å². The fourth-order valence-electron chi connectivity index (χ4n) is 2.27. The number of fused-ring (bicyclic) bond motifs is 1. The molecule has 1 aliphatic carbocycles. The minimum Gasteiger partial charge on any atom is -0.309 e. The van der Waals surface area contributed by atoms with E-state index in [9.17, 15) is 0 Å². The van der Waals surface area contributed by atoms with Gasteiger partial charge in [-0.05, 0) is 36.4 Å². The third kappa shape index (κ3) is 0.879. The third-order valence-corrected chi connectivity index (χ3v) is 3.05. The molecule has 0 radical (unpaired) electrons. The summed E-state index contributed by atoms with van der Waals surface area (Å²) >= 11 is 0. The summed E-state index contributed by atoms with van der Waals surface area (Å²) in [6.07, 6.45) is 5.24. The molecule has 0 spiro atoms. The Morgan fingerprint density at radius 3 is 3.08 bits per heavy atom. The number of aromatic nitrogens is 1. The molecule has 12 heavy (non-hydrogen) atoms. The number of pyridine rings is 1. The van der Waals surface area contributed by atoms with Crippen LogP contribution in [0, 0.1) is 11.8 Å². The molecule has 3 rings (SSSR count). The van der Waals surface area contributed by atoms with Crippen molar-refractivity contribution < 1.29 is 0 Å². The van der Waals surface area contributed by atoms with Crippen molar-refractivity contribution in [3.05, 3.63) is 30.1 Å². The van der Waals surface area contributed by atoms with Crippen molar-refractivity contribution in [1.82, 2.24) is 10.3 Å². The predicted octanol–water partition coefficient (Wildman–Crippen LogP) is 1.36. The first-order chi connectivity index (χ1) is 5.95. The normalized spacial score (nSPS) is 37.8. The van der Waals surface area contributed by atoms with Gasteiger partial charge in [0.25, 0.3) is 0 Å². The molecular weight excluding hydrogens is 148 g/mol. The molecule has 3 atom stereocenters. The van der Waals surface area contributed by atoms with Crippen LogP contribution in [0.15, 0.2) is 24.5 Å². The van der Waals surface area contributed by atoms with Crippen molar-refractivity contribution in [2.24, 2.45) is 11.8 Å². The Bertz CT molecular complexity index is 283. The standard InChI is InChI=1S/C10H12N2/c1-2-7(5-11-3-1)10-9-4-8(9)6-12-10/h1-3,5,8-10,12H,4,6H2. The Balaban J connectivity index is 1.89. The summed E-state index contributed by atoms with van der Waals surface area (Å²) in [7, 11) is 0.